The highest BCUT2D eigenvalue weighted by Gasteiger charge is 2.56. The lowest BCUT2D eigenvalue weighted by molar-refractivity contribution is -0.234. The molecule has 2 unspecified atom stereocenters. The number of benzene rings is 2. The van der Waals surface area contributed by atoms with Crippen molar-refractivity contribution < 1.29 is 32.6 Å². The van der Waals surface area contributed by atoms with E-state index in [0.717, 1.165) is 37.0 Å². The van der Waals surface area contributed by atoms with Crippen LogP contribution in [0.5, 0.6) is 0 Å². The average molecular weight is 590 g/mol. The summed E-state index contributed by atoms with van der Waals surface area (Å²) < 4.78 is 48.9. The molecule has 2 fully saturated rings. The van der Waals surface area contributed by atoms with E-state index >= 15 is 0 Å². The zero-order valence-electron chi connectivity index (χ0n) is 18.0. The summed E-state index contributed by atoms with van der Waals surface area (Å²) >= 11 is 1.90. The molecule has 1 amide bonds. The van der Waals surface area contributed by atoms with Crippen molar-refractivity contribution in [1.29, 1.82) is 0 Å². The summed E-state index contributed by atoms with van der Waals surface area (Å²) in [6, 6.07) is 6.04. The van der Waals surface area contributed by atoms with Gasteiger partial charge in [0.15, 0.2) is 17.2 Å². The van der Waals surface area contributed by atoms with Crippen molar-refractivity contribution in [3.8, 4) is 0 Å². The van der Waals surface area contributed by atoms with Crippen molar-refractivity contribution in [2.24, 2.45) is 0 Å². The molecule has 2 aromatic rings. The molecule has 4 N–H and O–H groups in total. The zero-order chi connectivity index (χ0) is 24.6. The number of nitrogens with zero attached hydrogens (tertiary/aromatic N) is 1. The Morgan fingerprint density at radius 3 is 2.59 bits per heavy atom. The van der Waals surface area contributed by atoms with E-state index in [1.54, 1.807) is 6.07 Å². The van der Waals surface area contributed by atoms with Crippen LogP contribution in [0.1, 0.15) is 17.3 Å². The number of carbonyl (C=O) groups is 2. The summed E-state index contributed by atoms with van der Waals surface area (Å²) in [5, 5.41) is 19.6. The van der Waals surface area contributed by atoms with Gasteiger partial charge in [0.1, 0.15) is 5.82 Å². The molecule has 0 aliphatic carbocycles. The predicted molar refractivity (Wildman–Crippen MR) is 125 cm³/mol. The number of ether oxygens (including phenoxy) is 1. The monoisotopic (exact) mass is 590 g/mol. The lowest BCUT2D eigenvalue weighted by atomic mass is 9.89. The lowest BCUT2D eigenvalue weighted by Gasteiger charge is -2.53. The van der Waals surface area contributed by atoms with E-state index in [0.29, 0.717) is 3.57 Å². The molecule has 12 heteroatoms. The highest BCUT2D eigenvalue weighted by molar-refractivity contribution is 14.1. The molecule has 0 bridgehead atoms. The number of rotatable bonds is 7. The van der Waals surface area contributed by atoms with Gasteiger partial charge in [0.2, 0.25) is 6.23 Å². The van der Waals surface area contributed by atoms with Gasteiger partial charge in [0.25, 0.3) is 5.91 Å². The molecule has 0 saturated carbocycles. The Labute approximate surface area is 207 Å². The number of aliphatic hydroxyl groups is 1. The number of hydrogen-bond donors (Lipinski definition) is 4. The van der Waals surface area contributed by atoms with Gasteiger partial charge in [-0.2, -0.15) is 0 Å². The highest BCUT2D eigenvalue weighted by Crippen LogP contribution is 2.35. The van der Waals surface area contributed by atoms with E-state index in [-0.39, 0.29) is 30.4 Å². The van der Waals surface area contributed by atoms with Gasteiger partial charge >= 0.3 is 5.97 Å². The SMILES string of the molecule is CC(=O)OC1N(C(=O)c2ccc(F)c(F)c2Nc2ccc(I)cc2F)CC1(O)CNC1CNC1. The molecule has 2 aliphatic heterocycles. The van der Waals surface area contributed by atoms with Crippen molar-refractivity contribution >= 4 is 45.8 Å². The third-order valence-corrected chi connectivity index (χ3v) is 6.39. The fourth-order valence-electron chi connectivity index (χ4n) is 3.77. The molecule has 2 atom stereocenters. The van der Waals surface area contributed by atoms with Crippen molar-refractivity contribution in [3.63, 3.8) is 0 Å². The van der Waals surface area contributed by atoms with Crippen LogP contribution in [0.3, 0.4) is 0 Å². The summed E-state index contributed by atoms with van der Waals surface area (Å²) in [6.07, 6.45) is -1.34. The van der Waals surface area contributed by atoms with Crippen LogP contribution in [0, 0.1) is 21.0 Å². The minimum absolute atomic E-state index is 0.0534. The van der Waals surface area contributed by atoms with Gasteiger partial charge in [-0.05, 0) is 52.9 Å². The summed E-state index contributed by atoms with van der Waals surface area (Å²) in [7, 11) is 0. The molecule has 2 heterocycles. The van der Waals surface area contributed by atoms with E-state index in [4.69, 9.17) is 4.74 Å². The number of hydrogen-bond acceptors (Lipinski definition) is 7. The molecular formula is C22H22F3IN4O4. The molecule has 0 radical (unpaired) electrons. The van der Waals surface area contributed by atoms with Gasteiger partial charge in [0.05, 0.1) is 23.5 Å². The number of likely N-dealkylation sites (tertiary alicyclic amines) is 1. The fraction of sp³-hybridized carbons (Fsp3) is 0.364. The number of halogens is 4. The van der Waals surface area contributed by atoms with Crippen molar-refractivity contribution in [2.75, 3.05) is 31.5 Å². The van der Waals surface area contributed by atoms with E-state index in [2.05, 4.69) is 16.0 Å². The number of carbonyl (C=O) groups excluding carboxylic acids is 2. The molecule has 0 spiro atoms. The van der Waals surface area contributed by atoms with Gasteiger partial charge in [-0.1, -0.05) is 0 Å². The second-order valence-electron chi connectivity index (χ2n) is 8.27. The average Bonchev–Trinajstić information content (AvgIpc) is 2.74. The van der Waals surface area contributed by atoms with Gasteiger partial charge in [-0.3, -0.25) is 14.5 Å². The lowest BCUT2D eigenvalue weighted by Crippen LogP contribution is -2.76. The maximum Gasteiger partial charge on any atom is 0.304 e. The van der Waals surface area contributed by atoms with Crippen molar-refractivity contribution in [3.05, 3.63) is 56.9 Å². The van der Waals surface area contributed by atoms with Crippen LogP contribution in [-0.4, -0.2) is 65.9 Å². The van der Waals surface area contributed by atoms with Crippen LogP contribution in [-0.2, 0) is 9.53 Å². The summed E-state index contributed by atoms with van der Waals surface area (Å²) in [5.41, 5.74) is -2.60. The molecule has 8 nitrogen and oxygen atoms in total. The van der Waals surface area contributed by atoms with E-state index in [1.165, 1.54) is 12.1 Å². The first-order chi connectivity index (χ1) is 16.1. The Hall–Kier alpha value is -2.42. The number of nitrogens with one attached hydrogen (secondary N) is 3. The molecule has 2 aliphatic rings. The van der Waals surface area contributed by atoms with Gasteiger partial charge in [-0.15, -0.1) is 0 Å². The topological polar surface area (TPSA) is 103 Å². The maximum absolute atomic E-state index is 14.7. The van der Waals surface area contributed by atoms with Gasteiger partial charge < -0.3 is 25.8 Å². The standard InChI is InChI=1S/C22H22F3IN4O4/c1-11(31)34-21-22(33,9-28-13-7-27-8-13)10-30(21)20(32)14-3-4-15(23)18(25)19(14)29-17-5-2-12(26)6-16(17)24/h2-6,13,21,27-29,33H,7-10H2,1H3. The minimum Gasteiger partial charge on any atom is -0.438 e. The highest BCUT2D eigenvalue weighted by atomic mass is 127. The predicted octanol–water partition coefficient (Wildman–Crippen LogP) is 2.09. The molecule has 2 saturated heterocycles. The molecule has 4 rings (SSSR count). The third kappa shape index (κ3) is 4.85. The quantitative estimate of drug-likeness (QED) is 0.290. The van der Waals surface area contributed by atoms with Crippen LogP contribution in [0.2, 0.25) is 0 Å². The minimum atomic E-state index is -1.56. The molecular weight excluding hydrogens is 568 g/mol. The van der Waals surface area contributed by atoms with Crippen LogP contribution in [0.4, 0.5) is 24.5 Å². The summed E-state index contributed by atoms with van der Waals surface area (Å²) in [5.74, 6) is -4.88. The first kappa shape index (κ1) is 24.7. The second kappa shape index (κ2) is 9.68. The molecule has 2 aromatic carbocycles. The van der Waals surface area contributed by atoms with E-state index in [9.17, 15) is 27.9 Å². The van der Waals surface area contributed by atoms with Gasteiger partial charge in [0, 0.05) is 36.2 Å². The first-order valence-electron chi connectivity index (χ1n) is 10.4. The smallest absolute Gasteiger partial charge is 0.304 e. The van der Waals surface area contributed by atoms with Crippen LogP contribution in [0.25, 0.3) is 0 Å². The number of anilines is 2. The molecule has 34 heavy (non-hydrogen) atoms. The Morgan fingerprint density at radius 1 is 1.24 bits per heavy atom. The number of esters is 1. The summed E-state index contributed by atoms with van der Waals surface area (Å²) in [4.78, 5) is 26.0. The molecule has 182 valence electrons. The second-order valence-corrected chi connectivity index (χ2v) is 9.51. The van der Waals surface area contributed by atoms with Crippen molar-refractivity contribution in [1.82, 2.24) is 15.5 Å². The van der Waals surface area contributed by atoms with Crippen LogP contribution < -0.4 is 16.0 Å². The Balaban J connectivity index is 1.61. The Morgan fingerprint density at radius 2 is 1.97 bits per heavy atom. The van der Waals surface area contributed by atoms with E-state index in [1.807, 2.05) is 22.6 Å². The molecule has 0 aromatic heterocycles. The maximum atomic E-state index is 14.7. The van der Waals surface area contributed by atoms with E-state index < -0.39 is 46.8 Å². The van der Waals surface area contributed by atoms with Crippen LogP contribution >= 0.6 is 22.6 Å². The summed E-state index contributed by atoms with van der Waals surface area (Å²) in [6.45, 7) is 2.41. The number of β-amino-alcohol motifs (C(OH)–C–C–N with tert-alkyl or cyclic N) is 1. The third-order valence-electron chi connectivity index (χ3n) is 5.72. The zero-order valence-corrected chi connectivity index (χ0v) is 20.2. The van der Waals surface area contributed by atoms with Crippen molar-refractivity contribution in [2.45, 2.75) is 24.8 Å². The fourth-order valence-corrected chi connectivity index (χ4v) is 4.22. The largest absolute Gasteiger partial charge is 0.438 e. The number of amides is 1. The normalized spacial score (nSPS) is 22.1. The Bertz CT molecular complexity index is 1130. The van der Waals surface area contributed by atoms with Crippen LogP contribution in [0.15, 0.2) is 30.3 Å². The van der Waals surface area contributed by atoms with Gasteiger partial charge in [-0.25, -0.2) is 13.2 Å². The first-order valence-corrected chi connectivity index (χ1v) is 11.5. The Kier molecular flexibility index (Phi) is 7.03.